The van der Waals surface area contributed by atoms with Crippen molar-refractivity contribution in [3.05, 3.63) is 23.4 Å². The fourth-order valence-electron chi connectivity index (χ4n) is 2.36. The maximum absolute atomic E-state index is 4.72. The molecule has 1 aromatic rings. The van der Waals surface area contributed by atoms with Crippen molar-refractivity contribution in [2.75, 3.05) is 11.9 Å². The third-order valence-corrected chi connectivity index (χ3v) is 4.38. The van der Waals surface area contributed by atoms with Gasteiger partial charge in [-0.15, -0.1) is 0 Å². The number of rotatable bonds is 3. The first kappa shape index (κ1) is 11.9. The standard InChI is InChI=1S/C13H19BrN2/c1-3-15-12-9-10(2)8-11(16-12)13(14)6-4-5-7-13/h8-9H,3-7H2,1-2H3,(H,15,16). The lowest BCUT2D eigenvalue weighted by molar-refractivity contribution is 0.645. The van der Waals surface area contributed by atoms with Crippen LogP contribution in [-0.2, 0) is 4.32 Å². The van der Waals surface area contributed by atoms with Gasteiger partial charge in [0.05, 0.1) is 10.0 Å². The van der Waals surface area contributed by atoms with Crippen molar-refractivity contribution in [3.8, 4) is 0 Å². The maximum atomic E-state index is 4.72. The fraction of sp³-hybridized carbons (Fsp3) is 0.615. The molecule has 2 nitrogen and oxygen atoms in total. The van der Waals surface area contributed by atoms with Crippen LogP contribution in [0.2, 0.25) is 0 Å². The molecule has 0 aliphatic heterocycles. The first-order valence-corrected chi connectivity index (χ1v) is 6.85. The number of nitrogens with one attached hydrogen (secondary N) is 1. The van der Waals surface area contributed by atoms with Crippen LogP contribution in [-0.4, -0.2) is 11.5 Å². The van der Waals surface area contributed by atoms with Gasteiger partial charge in [-0.3, -0.25) is 0 Å². The van der Waals surface area contributed by atoms with Crippen LogP contribution >= 0.6 is 15.9 Å². The molecule has 1 fully saturated rings. The second kappa shape index (κ2) is 4.74. The van der Waals surface area contributed by atoms with Crippen molar-refractivity contribution in [2.45, 2.75) is 43.9 Å². The lowest BCUT2D eigenvalue weighted by Crippen LogP contribution is -2.16. The van der Waals surface area contributed by atoms with Gasteiger partial charge in [0.2, 0.25) is 0 Å². The fourth-order valence-corrected chi connectivity index (χ4v) is 3.12. The van der Waals surface area contributed by atoms with Gasteiger partial charge < -0.3 is 5.32 Å². The molecule has 0 amide bonds. The molecule has 0 aromatic carbocycles. The van der Waals surface area contributed by atoms with E-state index in [4.69, 9.17) is 4.98 Å². The molecule has 0 bridgehead atoms. The normalized spacial score (nSPS) is 18.7. The molecule has 1 aromatic heterocycles. The summed E-state index contributed by atoms with van der Waals surface area (Å²) in [5, 5.41) is 3.30. The Balaban J connectivity index is 2.32. The van der Waals surface area contributed by atoms with Crippen LogP contribution in [0, 0.1) is 6.92 Å². The van der Waals surface area contributed by atoms with Gasteiger partial charge in [-0.2, -0.15) is 0 Å². The Morgan fingerprint density at radius 2 is 2.06 bits per heavy atom. The van der Waals surface area contributed by atoms with Crippen molar-refractivity contribution in [2.24, 2.45) is 0 Å². The zero-order valence-corrected chi connectivity index (χ0v) is 11.6. The van der Waals surface area contributed by atoms with E-state index < -0.39 is 0 Å². The summed E-state index contributed by atoms with van der Waals surface area (Å²) in [6.07, 6.45) is 5.01. The Labute approximate surface area is 106 Å². The van der Waals surface area contributed by atoms with Crippen LogP contribution < -0.4 is 5.32 Å². The summed E-state index contributed by atoms with van der Waals surface area (Å²) >= 11 is 3.88. The van der Waals surface area contributed by atoms with Crippen LogP contribution in [0.15, 0.2) is 12.1 Å². The van der Waals surface area contributed by atoms with Crippen molar-refractivity contribution in [1.29, 1.82) is 0 Å². The quantitative estimate of drug-likeness (QED) is 0.848. The highest BCUT2D eigenvalue weighted by Crippen LogP contribution is 2.45. The van der Waals surface area contributed by atoms with E-state index in [1.165, 1.54) is 36.9 Å². The maximum Gasteiger partial charge on any atom is 0.126 e. The van der Waals surface area contributed by atoms with E-state index in [0.29, 0.717) is 0 Å². The molecule has 2 rings (SSSR count). The van der Waals surface area contributed by atoms with Gasteiger partial charge in [0.25, 0.3) is 0 Å². The molecule has 1 saturated carbocycles. The van der Waals surface area contributed by atoms with Crippen LogP contribution in [0.4, 0.5) is 5.82 Å². The third kappa shape index (κ3) is 2.40. The van der Waals surface area contributed by atoms with Gasteiger partial charge in [-0.1, -0.05) is 28.8 Å². The topological polar surface area (TPSA) is 24.9 Å². The first-order valence-electron chi connectivity index (χ1n) is 6.06. The SMILES string of the molecule is CCNc1cc(C)cc(C2(Br)CCCC2)n1. The van der Waals surface area contributed by atoms with E-state index >= 15 is 0 Å². The minimum atomic E-state index is 0.128. The van der Waals surface area contributed by atoms with Crippen molar-refractivity contribution in [3.63, 3.8) is 0 Å². The van der Waals surface area contributed by atoms with E-state index in [9.17, 15) is 0 Å². The molecule has 1 aliphatic rings. The molecule has 88 valence electrons. The average Bonchev–Trinajstić information content (AvgIpc) is 2.66. The van der Waals surface area contributed by atoms with Gasteiger partial charge in [-0.05, 0) is 44.4 Å². The van der Waals surface area contributed by atoms with Crippen molar-refractivity contribution in [1.82, 2.24) is 4.98 Å². The monoisotopic (exact) mass is 282 g/mol. The number of alkyl halides is 1. The third-order valence-electron chi connectivity index (χ3n) is 3.18. The summed E-state index contributed by atoms with van der Waals surface area (Å²) in [6.45, 7) is 5.16. The molecule has 16 heavy (non-hydrogen) atoms. The molecule has 1 aliphatic carbocycles. The van der Waals surface area contributed by atoms with E-state index in [-0.39, 0.29) is 4.32 Å². The van der Waals surface area contributed by atoms with E-state index in [1.54, 1.807) is 0 Å². The van der Waals surface area contributed by atoms with E-state index in [1.807, 2.05) is 0 Å². The number of aromatic nitrogens is 1. The number of nitrogens with zero attached hydrogens (tertiary/aromatic N) is 1. The summed E-state index contributed by atoms with van der Waals surface area (Å²) in [5.74, 6) is 1.00. The Bertz CT molecular complexity index is 370. The zero-order valence-electron chi connectivity index (χ0n) is 10.0. The van der Waals surface area contributed by atoms with Crippen molar-refractivity contribution >= 4 is 21.7 Å². The highest BCUT2D eigenvalue weighted by molar-refractivity contribution is 9.09. The minimum absolute atomic E-state index is 0.128. The highest BCUT2D eigenvalue weighted by Gasteiger charge is 2.34. The van der Waals surface area contributed by atoms with Gasteiger partial charge in [0, 0.05) is 6.54 Å². The molecule has 0 saturated heterocycles. The second-order valence-corrected chi connectivity index (χ2v) is 6.14. The molecule has 3 heteroatoms. The van der Waals surface area contributed by atoms with E-state index in [0.717, 1.165) is 12.4 Å². The largest absolute Gasteiger partial charge is 0.370 e. The summed E-state index contributed by atoms with van der Waals surface area (Å²) in [4.78, 5) is 4.72. The summed E-state index contributed by atoms with van der Waals surface area (Å²) < 4.78 is 0.128. The lowest BCUT2D eigenvalue weighted by Gasteiger charge is -2.22. The number of hydrogen-bond acceptors (Lipinski definition) is 2. The molecule has 0 atom stereocenters. The molecular weight excluding hydrogens is 264 g/mol. The molecule has 1 heterocycles. The van der Waals surface area contributed by atoms with Gasteiger partial charge in [0.1, 0.15) is 5.82 Å². The Hall–Kier alpha value is -0.570. The zero-order chi connectivity index (χ0) is 11.6. The molecule has 1 N–H and O–H groups in total. The summed E-state index contributed by atoms with van der Waals surface area (Å²) in [6, 6.07) is 4.32. The number of halogens is 1. The minimum Gasteiger partial charge on any atom is -0.370 e. The van der Waals surface area contributed by atoms with E-state index in [2.05, 4.69) is 47.2 Å². The van der Waals surface area contributed by atoms with Gasteiger partial charge in [0.15, 0.2) is 0 Å². The lowest BCUT2D eigenvalue weighted by atomic mass is 10.0. The van der Waals surface area contributed by atoms with Crippen molar-refractivity contribution < 1.29 is 0 Å². The smallest absolute Gasteiger partial charge is 0.126 e. The first-order chi connectivity index (χ1) is 7.64. The molecule has 0 radical (unpaired) electrons. The van der Waals surface area contributed by atoms with Crippen LogP contribution in [0.3, 0.4) is 0 Å². The number of hydrogen-bond donors (Lipinski definition) is 1. The van der Waals surface area contributed by atoms with Crippen LogP contribution in [0.5, 0.6) is 0 Å². The average molecular weight is 283 g/mol. The predicted molar refractivity (Wildman–Crippen MR) is 72.2 cm³/mol. The summed E-state index contributed by atoms with van der Waals surface area (Å²) in [5.41, 5.74) is 2.48. The second-order valence-electron chi connectivity index (χ2n) is 4.62. The van der Waals surface area contributed by atoms with Crippen LogP contribution in [0.25, 0.3) is 0 Å². The number of anilines is 1. The Morgan fingerprint density at radius 1 is 1.38 bits per heavy atom. The summed E-state index contributed by atoms with van der Waals surface area (Å²) in [7, 11) is 0. The van der Waals surface area contributed by atoms with Gasteiger partial charge >= 0.3 is 0 Å². The molecule has 0 unspecified atom stereocenters. The Kier molecular flexibility index (Phi) is 3.53. The van der Waals surface area contributed by atoms with Crippen LogP contribution in [0.1, 0.15) is 43.9 Å². The predicted octanol–water partition coefficient (Wildman–Crippen LogP) is 3.99. The number of aryl methyl sites for hydroxylation is 1. The van der Waals surface area contributed by atoms with Gasteiger partial charge in [-0.25, -0.2) is 4.98 Å². The number of pyridine rings is 1. The Morgan fingerprint density at radius 3 is 2.69 bits per heavy atom. The molecular formula is C13H19BrN2. The molecule has 0 spiro atoms. The highest BCUT2D eigenvalue weighted by atomic mass is 79.9.